The molecule has 88 valence electrons. The molecule has 1 aromatic heterocycles. The van der Waals surface area contributed by atoms with Crippen molar-refractivity contribution in [1.29, 1.82) is 0 Å². The molecule has 0 spiro atoms. The molecule has 0 fully saturated rings. The first-order valence-corrected chi connectivity index (χ1v) is 5.65. The Morgan fingerprint density at radius 2 is 1.44 bits per heavy atom. The Bertz CT molecular complexity index is 451. The monoisotopic (exact) mass is 261 g/mol. The number of hydrogen-bond acceptors (Lipinski definition) is 2. The topological polar surface area (TPSA) is 70.2 Å². The lowest BCUT2D eigenvalue weighted by atomic mass is 10.4. The van der Waals surface area contributed by atoms with Gasteiger partial charge in [0.25, 0.3) is 10.1 Å². The van der Waals surface area contributed by atoms with Crippen LogP contribution in [0.3, 0.4) is 0 Å². The van der Waals surface area contributed by atoms with Crippen LogP contribution in [0.4, 0.5) is 0 Å². The molecule has 4 nitrogen and oxygen atoms in total. The Morgan fingerprint density at radius 3 is 1.69 bits per heavy atom. The number of aromatic nitrogens is 1. The summed E-state index contributed by atoms with van der Waals surface area (Å²) in [6, 6.07) is 11.3. The van der Waals surface area contributed by atoms with Gasteiger partial charge in [0.05, 0.1) is 4.90 Å². The fourth-order valence-corrected chi connectivity index (χ4v) is 1.37. The second-order valence-corrected chi connectivity index (χ2v) is 4.09. The molecular formula is C10H12ClNO3S. The van der Waals surface area contributed by atoms with E-state index in [4.69, 9.17) is 4.55 Å². The Kier molecular flexibility index (Phi) is 6.48. The van der Waals surface area contributed by atoms with Gasteiger partial charge in [-0.25, -0.2) is 0 Å². The van der Waals surface area contributed by atoms with Crippen LogP contribution in [0.15, 0.2) is 59.8 Å². The molecule has 2 N–H and O–H groups in total. The van der Waals surface area contributed by atoms with E-state index < -0.39 is 10.1 Å². The average Bonchev–Trinajstić information content (AvgIpc) is 2.76. The molecule has 2 aromatic rings. The summed E-state index contributed by atoms with van der Waals surface area (Å²) in [7, 11) is -4.00. The van der Waals surface area contributed by atoms with Crippen LogP contribution < -0.4 is 0 Å². The number of H-pyrrole nitrogens is 1. The average molecular weight is 262 g/mol. The summed E-state index contributed by atoms with van der Waals surface area (Å²) >= 11 is 0. The first-order valence-electron chi connectivity index (χ1n) is 4.21. The molecule has 0 atom stereocenters. The number of benzene rings is 1. The quantitative estimate of drug-likeness (QED) is 0.775. The van der Waals surface area contributed by atoms with Gasteiger partial charge >= 0.3 is 0 Å². The molecule has 1 heterocycles. The molecule has 0 bridgehead atoms. The van der Waals surface area contributed by atoms with Crippen LogP contribution in [-0.2, 0) is 10.1 Å². The van der Waals surface area contributed by atoms with Gasteiger partial charge in [-0.3, -0.25) is 4.55 Å². The highest BCUT2D eigenvalue weighted by Crippen LogP contribution is 2.05. The van der Waals surface area contributed by atoms with E-state index in [0.717, 1.165) is 0 Å². The van der Waals surface area contributed by atoms with E-state index in [1.165, 1.54) is 12.1 Å². The molecule has 0 aliphatic rings. The zero-order chi connectivity index (χ0) is 11.1. The summed E-state index contributed by atoms with van der Waals surface area (Å²) in [5.41, 5.74) is 0. The van der Waals surface area contributed by atoms with Gasteiger partial charge in [-0.15, -0.1) is 12.4 Å². The van der Waals surface area contributed by atoms with Crippen molar-refractivity contribution in [1.82, 2.24) is 4.98 Å². The van der Waals surface area contributed by atoms with E-state index >= 15 is 0 Å². The minimum atomic E-state index is -4.00. The van der Waals surface area contributed by atoms with Crippen LogP contribution in [0.2, 0.25) is 0 Å². The van der Waals surface area contributed by atoms with Gasteiger partial charge in [0.2, 0.25) is 0 Å². The second-order valence-electron chi connectivity index (χ2n) is 2.67. The van der Waals surface area contributed by atoms with Crippen LogP contribution in [0.25, 0.3) is 0 Å². The summed E-state index contributed by atoms with van der Waals surface area (Å²) in [4.78, 5) is 2.79. The standard InChI is InChI=1S/C6H6O3S.C4H5N.ClH/c7-10(8,9)6-4-2-1-3-5-6;1-2-4-5-3-1;/h1-5H,(H,7,8,9);1-5H;1H. The van der Waals surface area contributed by atoms with Crippen LogP contribution in [-0.4, -0.2) is 18.0 Å². The second kappa shape index (κ2) is 7.05. The third kappa shape index (κ3) is 5.55. The SMILES string of the molecule is Cl.O=S(=O)(O)c1ccccc1.c1cc[nH]c1. The van der Waals surface area contributed by atoms with Crippen LogP contribution in [0, 0.1) is 0 Å². The molecule has 0 aliphatic heterocycles. The maximum absolute atomic E-state index is 10.4. The van der Waals surface area contributed by atoms with Crippen LogP contribution in [0.5, 0.6) is 0 Å². The lowest BCUT2D eigenvalue weighted by Gasteiger charge is -1.92. The van der Waals surface area contributed by atoms with E-state index in [0.29, 0.717) is 0 Å². The Hall–Kier alpha value is -1.30. The highest BCUT2D eigenvalue weighted by molar-refractivity contribution is 7.85. The number of hydrogen-bond donors (Lipinski definition) is 2. The summed E-state index contributed by atoms with van der Waals surface area (Å²) in [5.74, 6) is 0. The molecule has 2 rings (SSSR count). The fourth-order valence-electron chi connectivity index (χ4n) is 0.870. The van der Waals surface area contributed by atoms with Gasteiger partial charge in [-0.2, -0.15) is 8.42 Å². The predicted molar refractivity (Wildman–Crippen MR) is 64.3 cm³/mol. The zero-order valence-electron chi connectivity index (χ0n) is 8.28. The van der Waals surface area contributed by atoms with E-state index in [1.54, 1.807) is 18.2 Å². The molecule has 0 aliphatic carbocycles. The maximum atomic E-state index is 10.4. The molecule has 16 heavy (non-hydrogen) atoms. The first kappa shape index (κ1) is 14.7. The van der Waals surface area contributed by atoms with Crippen molar-refractivity contribution in [3.05, 3.63) is 54.9 Å². The molecular weight excluding hydrogens is 250 g/mol. The normalized spacial score (nSPS) is 9.56. The summed E-state index contributed by atoms with van der Waals surface area (Å²) < 4.78 is 29.2. The summed E-state index contributed by atoms with van der Waals surface area (Å²) in [6.45, 7) is 0. The lowest BCUT2D eigenvalue weighted by Crippen LogP contribution is -1.96. The van der Waals surface area contributed by atoms with Crippen molar-refractivity contribution >= 4 is 22.5 Å². The predicted octanol–water partition coefficient (Wildman–Crippen LogP) is 2.37. The van der Waals surface area contributed by atoms with Crippen molar-refractivity contribution in [3.8, 4) is 0 Å². The zero-order valence-corrected chi connectivity index (χ0v) is 9.91. The van der Waals surface area contributed by atoms with E-state index in [9.17, 15) is 8.42 Å². The van der Waals surface area contributed by atoms with Crippen molar-refractivity contribution in [2.75, 3.05) is 0 Å². The van der Waals surface area contributed by atoms with E-state index in [-0.39, 0.29) is 17.3 Å². The van der Waals surface area contributed by atoms with Crippen molar-refractivity contribution in [3.63, 3.8) is 0 Å². The van der Waals surface area contributed by atoms with E-state index in [1.807, 2.05) is 24.5 Å². The van der Waals surface area contributed by atoms with Crippen molar-refractivity contribution in [2.24, 2.45) is 0 Å². The van der Waals surface area contributed by atoms with Gasteiger partial charge in [0, 0.05) is 12.4 Å². The molecule has 0 unspecified atom stereocenters. The summed E-state index contributed by atoms with van der Waals surface area (Å²) in [5, 5.41) is 0. The number of aromatic amines is 1. The molecule has 1 aromatic carbocycles. The summed E-state index contributed by atoms with van der Waals surface area (Å²) in [6.07, 6.45) is 3.75. The third-order valence-corrected chi connectivity index (χ3v) is 2.40. The van der Waals surface area contributed by atoms with Gasteiger partial charge in [0.1, 0.15) is 0 Å². The fraction of sp³-hybridized carbons (Fsp3) is 0. The van der Waals surface area contributed by atoms with Crippen LogP contribution in [0.1, 0.15) is 0 Å². The smallest absolute Gasteiger partial charge is 0.294 e. The number of rotatable bonds is 1. The van der Waals surface area contributed by atoms with Gasteiger partial charge < -0.3 is 4.98 Å². The number of halogens is 1. The highest BCUT2D eigenvalue weighted by atomic mass is 35.5. The Labute approximate surface area is 100 Å². The molecule has 0 amide bonds. The largest absolute Gasteiger partial charge is 0.368 e. The van der Waals surface area contributed by atoms with Crippen molar-refractivity contribution in [2.45, 2.75) is 4.90 Å². The molecule has 6 heteroatoms. The molecule has 0 saturated carbocycles. The van der Waals surface area contributed by atoms with Gasteiger partial charge in [0.15, 0.2) is 0 Å². The Morgan fingerprint density at radius 1 is 0.938 bits per heavy atom. The first-order chi connectivity index (χ1) is 7.11. The van der Waals surface area contributed by atoms with Crippen molar-refractivity contribution < 1.29 is 13.0 Å². The van der Waals surface area contributed by atoms with Gasteiger partial charge in [-0.1, -0.05) is 18.2 Å². The van der Waals surface area contributed by atoms with Gasteiger partial charge in [-0.05, 0) is 24.3 Å². The highest BCUT2D eigenvalue weighted by Gasteiger charge is 2.05. The van der Waals surface area contributed by atoms with Crippen LogP contribution >= 0.6 is 12.4 Å². The molecule has 0 radical (unpaired) electrons. The molecule has 0 saturated heterocycles. The third-order valence-electron chi connectivity index (χ3n) is 1.54. The number of nitrogens with one attached hydrogen (secondary N) is 1. The minimum absolute atomic E-state index is 0. The minimum Gasteiger partial charge on any atom is -0.368 e. The van der Waals surface area contributed by atoms with E-state index in [2.05, 4.69) is 4.98 Å². The Balaban J connectivity index is 0.000000318. The maximum Gasteiger partial charge on any atom is 0.294 e. The lowest BCUT2D eigenvalue weighted by molar-refractivity contribution is 0.483.